The van der Waals surface area contributed by atoms with Gasteiger partial charge in [0.1, 0.15) is 17.0 Å². The number of hydrogen-bond donors (Lipinski definition) is 2. The van der Waals surface area contributed by atoms with Crippen molar-refractivity contribution >= 4 is 23.4 Å². The van der Waals surface area contributed by atoms with Gasteiger partial charge in [-0.15, -0.1) is 0 Å². The fraction of sp³-hybridized carbons (Fsp3) is 0.261. The molecule has 178 valence electrons. The van der Waals surface area contributed by atoms with E-state index in [4.69, 9.17) is 21.1 Å². The summed E-state index contributed by atoms with van der Waals surface area (Å²) >= 11 is 5.85. The molecule has 2 amide bonds. The maximum absolute atomic E-state index is 14.7. The van der Waals surface area contributed by atoms with E-state index in [9.17, 15) is 14.0 Å². The number of methoxy groups -OCH3 is 1. The van der Waals surface area contributed by atoms with Crippen molar-refractivity contribution < 1.29 is 23.5 Å². The van der Waals surface area contributed by atoms with Gasteiger partial charge in [-0.05, 0) is 25.8 Å². The average Bonchev–Trinajstić information content (AvgIpc) is 3.59. The van der Waals surface area contributed by atoms with Crippen LogP contribution in [-0.4, -0.2) is 39.4 Å². The minimum absolute atomic E-state index is 0.00494. The minimum atomic E-state index is -1.09. The molecule has 0 radical (unpaired) electrons. The lowest BCUT2D eigenvalue weighted by molar-refractivity contribution is -0.124. The molecule has 2 aromatic rings. The number of carbonyl (C=O) groups excluding carboxylic acids is 2. The predicted octanol–water partition coefficient (Wildman–Crippen LogP) is 3.36. The summed E-state index contributed by atoms with van der Waals surface area (Å²) in [5, 5.41) is 5.52. The molecule has 1 aliphatic rings. The second-order valence-electron chi connectivity index (χ2n) is 7.50. The molecule has 1 aliphatic carbocycles. The zero-order valence-corrected chi connectivity index (χ0v) is 19.4. The van der Waals surface area contributed by atoms with Gasteiger partial charge in [0.2, 0.25) is 5.91 Å². The van der Waals surface area contributed by atoms with Crippen molar-refractivity contribution in [2.75, 3.05) is 7.11 Å². The molecule has 0 aromatic carbocycles. The first-order valence-corrected chi connectivity index (χ1v) is 10.6. The maximum atomic E-state index is 14.7. The van der Waals surface area contributed by atoms with Crippen molar-refractivity contribution in [1.29, 1.82) is 0 Å². The summed E-state index contributed by atoms with van der Waals surface area (Å²) in [6, 6.07) is 0.474. The summed E-state index contributed by atoms with van der Waals surface area (Å²) in [5.41, 5.74) is -0.901. The number of halogens is 2. The Hall–Kier alpha value is -3.79. The molecule has 0 bridgehead atoms. The van der Waals surface area contributed by atoms with Crippen LogP contribution in [0.2, 0.25) is 0 Å². The third kappa shape index (κ3) is 5.76. The summed E-state index contributed by atoms with van der Waals surface area (Å²) in [6.07, 6.45) is 7.72. The third-order valence-electron chi connectivity index (χ3n) is 4.98. The van der Waals surface area contributed by atoms with Crippen LogP contribution in [0.1, 0.15) is 41.9 Å². The van der Waals surface area contributed by atoms with Gasteiger partial charge in [0.25, 0.3) is 5.91 Å². The second-order valence-corrected chi connectivity index (χ2v) is 7.96. The monoisotopic (exact) mass is 487 g/mol. The summed E-state index contributed by atoms with van der Waals surface area (Å²) in [6.45, 7) is 8.70. The molecule has 3 rings (SSSR count). The first kappa shape index (κ1) is 24.8. The van der Waals surface area contributed by atoms with Gasteiger partial charge in [-0.2, -0.15) is 0 Å². The molecule has 1 unspecified atom stereocenters. The van der Waals surface area contributed by atoms with Crippen molar-refractivity contribution in [3.63, 3.8) is 0 Å². The number of hydrogen-bond acceptors (Lipinski definition) is 7. The number of aromatic nitrogens is 3. The number of nitrogens with zero attached hydrogens (tertiary/aromatic N) is 3. The normalized spacial score (nSPS) is 15.0. The van der Waals surface area contributed by atoms with Gasteiger partial charge in [-0.3, -0.25) is 14.6 Å². The molecule has 0 aliphatic heterocycles. The zero-order valence-electron chi connectivity index (χ0n) is 18.6. The third-order valence-corrected chi connectivity index (χ3v) is 5.16. The lowest BCUT2D eigenvalue weighted by Gasteiger charge is -2.21. The van der Waals surface area contributed by atoms with E-state index in [0.717, 1.165) is 6.07 Å². The minimum Gasteiger partial charge on any atom is -0.467 e. The Morgan fingerprint density at radius 2 is 1.94 bits per heavy atom. The highest BCUT2D eigenvalue weighted by molar-refractivity contribution is 6.31. The van der Waals surface area contributed by atoms with E-state index in [1.54, 1.807) is 6.92 Å². The predicted molar refractivity (Wildman–Crippen MR) is 123 cm³/mol. The lowest BCUT2D eigenvalue weighted by Crippen LogP contribution is -2.49. The van der Waals surface area contributed by atoms with Gasteiger partial charge in [0.05, 0.1) is 35.6 Å². The van der Waals surface area contributed by atoms with Crippen LogP contribution >= 0.6 is 11.6 Å². The average molecular weight is 488 g/mol. The van der Waals surface area contributed by atoms with E-state index in [1.165, 1.54) is 37.9 Å². The zero-order chi connectivity index (χ0) is 24.9. The Balaban J connectivity index is 1.65. The van der Waals surface area contributed by atoms with Gasteiger partial charge < -0.3 is 20.1 Å². The topological polar surface area (TPSA) is 115 Å². The molecule has 0 saturated heterocycles. The fourth-order valence-corrected chi connectivity index (χ4v) is 3.09. The molecule has 1 fully saturated rings. The molecule has 9 nitrogen and oxygen atoms in total. The van der Waals surface area contributed by atoms with E-state index in [-0.39, 0.29) is 33.8 Å². The lowest BCUT2D eigenvalue weighted by atomic mass is 10.1. The van der Waals surface area contributed by atoms with Crippen LogP contribution < -0.4 is 20.1 Å². The molecule has 1 atom stereocenters. The molecule has 11 heteroatoms. The molecule has 34 heavy (non-hydrogen) atoms. The van der Waals surface area contributed by atoms with Gasteiger partial charge >= 0.3 is 6.01 Å². The van der Waals surface area contributed by atoms with Crippen LogP contribution in [0.15, 0.2) is 60.8 Å². The highest BCUT2D eigenvalue weighted by Crippen LogP contribution is 2.36. The van der Waals surface area contributed by atoms with E-state index in [0.29, 0.717) is 12.8 Å². The van der Waals surface area contributed by atoms with Crippen molar-refractivity contribution in [3.05, 3.63) is 77.8 Å². The number of allylic oxidation sites excluding steroid dienone is 3. The van der Waals surface area contributed by atoms with E-state index >= 15 is 0 Å². The first-order valence-electron chi connectivity index (χ1n) is 10.2. The van der Waals surface area contributed by atoms with Crippen molar-refractivity contribution in [2.45, 2.75) is 31.3 Å². The smallest absolute Gasteiger partial charge is 0.316 e. The Kier molecular flexibility index (Phi) is 7.62. The van der Waals surface area contributed by atoms with Gasteiger partial charge in [0.15, 0.2) is 5.82 Å². The Morgan fingerprint density at radius 1 is 1.26 bits per heavy atom. The Morgan fingerprint density at radius 3 is 2.47 bits per heavy atom. The fourth-order valence-electron chi connectivity index (χ4n) is 2.98. The molecular formula is C23H23ClFN5O4. The summed E-state index contributed by atoms with van der Waals surface area (Å²) in [4.78, 5) is 37.2. The highest BCUT2D eigenvalue weighted by atomic mass is 35.5. The number of nitrogens with one attached hydrogen (secondary N) is 2. The maximum Gasteiger partial charge on any atom is 0.316 e. The Labute approximate surface area is 200 Å². The van der Waals surface area contributed by atoms with Crippen LogP contribution in [0, 0.1) is 5.82 Å². The number of rotatable bonds is 10. The van der Waals surface area contributed by atoms with E-state index < -0.39 is 29.2 Å². The molecular weight excluding hydrogens is 465 g/mol. The number of carbonyl (C=O) groups is 2. The number of amides is 2. The van der Waals surface area contributed by atoms with Crippen molar-refractivity contribution in [1.82, 2.24) is 25.6 Å². The van der Waals surface area contributed by atoms with Crippen molar-refractivity contribution in [3.8, 4) is 11.8 Å². The van der Waals surface area contributed by atoms with Crippen LogP contribution in [0.3, 0.4) is 0 Å². The van der Waals surface area contributed by atoms with Crippen LogP contribution in [0.5, 0.6) is 11.8 Å². The van der Waals surface area contributed by atoms with Crippen LogP contribution in [0.4, 0.5) is 4.39 Å². The highest BCUT2D eigenvalue weighted by Gasteiger charge is 2.51. The summed E-state index contributed by atoms with van der Waals surface area (Å²) in [5.74, 6) is -1.34. The van der Waals surface area contributed by atoms with Crippen LogP contribution in [0.25, 0.3) is 0 Å². The van der Waals surface area contributed by atoms with Crippen molar-refractivity contribution in [2.24, 2.45) is 0 Å². The second kappa shape index (κ2) is 10.4. The van der Waals surface area contributed by atoms with E-state index in [1.807, 2.05) is 0 Å². The van der Waals surface area contributed by atoms with E-state index in [2.05, 4.69) is 38.7 Å². The number of ether oxygens (including phenoxy) is 2. The molecule has 2 heterocycles. The number of pyridine rings is 1. The van der Waals surface area contributed by atoms with Gasteiger partial charge in [-0.25, -0.2) is 14.4 Å². The largest absolute Gasteiger partial charge is 0.467 e. The SMILES string of the molecule is C=C/C=C(/Oc1cnc(C(C)NC(=O)C2(NC(=O)c3cnc(OC)nc3)CC2)c(F)c1)C(=C)Cl. The molecule has 0 spiro atoms. The quantitative estimate of drug-likeness (QED) is 0.390. The Bertz CT molecular complexity index is 1150. The standard InChI is InChI=1S/C23H23ClFN5O4/c1-5-6-18(13(2)24)34-16-9-17(25)19(26-12-16)14(3)29-21(32)23(7-8-23)30-20(31)15-10-27-22(33-4)28-11-15/h5-6,9-12,14H,1-2,7-8H2,3-4H3,(H,29,32)(H,30,31)/b18-6+. The molecule has 2 N–H and O–H groups in total. The molecule has 2 aromatic heterocycles. The van der Waals surface area contributed by atoms with Gasteiger partial charge in [0, 0.05) is 18.5 Å². The van der Waals surface area contributed by atoms with Gasteiger partial charge in [-0.1, -0.05) is 30.8 Å². The summed E-state index contributed by atoms with van der Waals surface area (Å²) < 4.78 is 25.1. The van der Waals surface area contributed by atoms with Crippen LogP contribution in [-0.2, 0) is 4.79 Å². The first-order chi connectivity index (χ1) is 16.2. The summed E-state index contributed by atoms with van der Waals surface area (Å²) in [7, 11) is 1.41. The molecule has 1 saturated carbocycles.